The minimum absolute atomic E-state index is 0.258. The van der Waals surface area contributed by atoms with Gasteiger partial charge in [-0.1, -0.05) is 101 Å². The maximum atomic E-state index is 12.9. The summed E-state index contributed by atoms with van der Waals surface area (Å²) in [5.41, 5.74) is 7.64. The molecule has 5 heterocycles. The Morgan fingerprint density at radius 2 is 1.41 bits per heavy atom. The van der Waals surface area contributed by atoms with Gasteiger partial charge in [0, 0.05) is 19.2 Å². The number of thiophene rings is 1. The van der Waals surface area contributed by atoms with Crippen LogP contribution in [0.1, 0.15) is 109 Å². The monoisotopic (exact) mass is 828 g/mol. The Labute approximate surface area is 357 Å². The minimum Gasteiger partial charge on any atom is -0.314 e. The van der Waals surface area contributed by atoms with Gasteiger partial charge in [-0.2, -0.15) is 4.39 Å². The van der Waals surface area contributed by atoms with Gasteiger partial charge in [0.2, 0.25) is 5.65 Å². The lowest BCUT2D eigenvalue weighted by Gasteiger charge is -2.02. The number of benzene rings is 1. The predicted octanol–water partition coefficient (Wildman–Crippen LogP) is 14.0. The Bertz CT molecular complexity index is 2130. The number of hydrogen-bond acceptors (Lipinski definition) is 8. The summed E-state index contributed by atoms with van der Waals surface area (Å²) >= 11 is 1.64. The third-order valence-electron chi connectivity index (χ3n) is 6.71. The van der Waals surface area contributed by atoms with E-state index in [1.54, 1.807) is 53.8 Å². The molecule has 0 aliphatic carbocycles. The lowest BCUT2D eigenvalue weighted by atomic mass is 10.1. The topological polar surface area (TPSA) is 100 Å². The van der Waals surface area contributed by atoms with E-state index in [1.807, 2.05) is 77.6 Å². The van der Waals surface area contributed by atoms with Gasteiger partial charge >= 0.3 is 0 Å². The SMILES string of the molecule is C/C=C\CC.C=C(C)C.C=C(F)C#CC.CC.CC=C(C)C.CCCC.CCn1cnc2ncc(-c3ccc(F)cc3)nc21.Cn1nnc2ncc(-c3cccs3)nc21. The molecule has 0 saturated carbocycles. The van der Waals surface area contributed by atoms with Crippen molar-refractivity contribution in [2.45, 2.75) is 116 Å². The van der Waals surface area contributed by atoms with Crippen LogP contribution in [0.4, 0.5) is 8.78 Å². The Morgan fingerprint density at radius 1 is 0.847 bits per heavy atom. The maximum Gasteiger partial charge on any atom is 0.221 e. The predicted molar refractivity (Wildman–Crippen MR) is 250 cm³/mol. The van der Waals surface area contributed by atoms with E-state index in [9.17, 15) is 8.78 Å². The highest BCUT2D eigenvalue weighted by atomic mass is 32.1. The minimum atomic E-state index is -0.572. The molecule has 6 rings (SSSR count). The molecule has 0 saturated heterocycles. The van der Waals surface area contributed by atoms with Crippen LogP contribution in [0.15, 0.2) is 109 Å². The van der Waals surface area contributed by atoms with Crippen molar-refractivity contribution < 1.29 is 8.78 Å². The summed E-state index contributed by atoms with van der Waals surface area (Å²) in [6, 6.07) is 10.2. The quantitative estimate of drug-likeness (QED) is 0.126. The van der Waals surface area contributed by atoms with Gasteiger partial charge in [0.05, 0.1) is 29.3 Å². The average molecular weight is 828 g/mol. The van der Waals surface area contributed by atoms with E-state index in [4.69, 9.17) is 0 Å². The number of allylic oxidation sites excluding steroid dienone is 6. The van der Waals surface area contributed by atoms with Gasteiger partial charge in [-0.15, -0.1) is 23.0 Å². The van der Waals surface area contributed by atoms with E-state index in [0.29, 0.717) is 16.9 Å². The largest absolute Gasteiger partial charge is 0.314 e. The number of unbranched alkanes of at least 4 members (excludes halogenated alkanes) is 1. The van der Waals surface area contributed by atoms with Crippen LogP contribution in [0.2, 0.25) is 0 Å². The Hall–Kier alpha value is -5.67. The first-order valence-corrected chi connectivity index (χ1v) is 20.7. The molecule has 0 unspecified atom stereocenters. The second kappa shape index (κ2) is 34.4. The highest BCUT2D eigenvalue weighted by molar-refractivity contribution is 7.13. The summed E-state index contributed by atoms with van der Waals surface area (Å²) in [5, 5.41) is 9.76. The average Bonchev–Trinajstić information content (AvgIpc) is 4.00. The van der Waals surface area contributed by atoms with Crippen molar-refractivity contribution in [3.63, 3.8) is 0 Å². The molecule has 5 aromatic heterocycles. The summed E-state index contributed by atoms with van der Waals surface area (Å²) < 4.78 is 27.8. The third kappa shape index (κ3) is 24.7. The summed E-state index contributed by atoms with van der Waals surface area (Å²) in [6.07, 6.45) is 15.2. The van der Waals surface area contributed by atoms with Crippen LogP contribution < -0.4 is 0 Å². The van der Waals surface area contributed by atoms with E-state index < -0.39 is 5.83 Å². The number of hydrogen-bond donors (Lipinski definition) is 0. The second-order valence-electron chi connectivity index (χ2n) is 12.4. The van der Waals surface area contributed by atoms with Crippen LogP contribution in [-0.4, -0.2) is 44.5 Å². The number of aryl methyl sites for hydroxylation is 2. The Morgan fingerprint density at radius 3 is 1.83 bits per heavy atom. The van der Waals surface area contributed by atoms with Gasteiger partial charge in [0.25, 0.3) is 0 Å². The lowest BCUT2D eigenvalue weighted by Crippen LogP contribution is -1.95. The Balaban J connectivity index is 0. The summed E-state index contributed by atoms with van der Waals surface area (Å²) in [6.45, 7) is 33.5. The molecular formula is C47H67F2N9S. The molecule has 0 aliphatic rings. The van der Waals surface area contributed by atoms with Crippen LogP contribution in [-0.2, 0) is 13.6 Å². The zero-order valence-electron chi connectivity index (χ0n) is 37.9. The second-order valence-corrected chi connectivity index (χ2v) is 13.3. The molecule has 0 radical (unpaired) electrons. The van der Waals surface area contributed by atoms with Crippen LogP contribution in [0.25, 0.3) is 44.4 Å². The van der Waals surface area contributed by atoms with E-state index in [1.165, 1.54) is 36.1 Å². The summed E-state index contributed by atoms with van der Waals surface area (Å²) in [5.74, 6) is 3.61. The van der Waals surface area contributed by atoms with Crippen LogP contribution in [0.5, 0.6) is 0 Å². The molecule has 6 aromatic rings. The van der Waals surface area contributed by atoms with Gasteiger partial charge in [0.1, 0.15) is 11.5 Å². The molecule has 0 atom stereocenters. The number of aromatic nitrogens is 9. The standard InChI is InChI=1S/C13H11FN4.C9H7N5S.C5H5F.2C5H10.C4H8.C4H10.C2H6/c1-2-18-8-16-12-13(18)17-11(7-15-12)9-3-5-10(14)6-4-9;1-14-9-8(12-13-14)10-5-6(11-9)7-3-2-4-15-7;1-3-4-5(2)6;1-4-5(2)3;1-3-5-4-2;1-4(2)3;1-3-4-2;1-2/h3-8H,2H2,1H3;2-5H,1H3;2H2,1H3;4H,1-3H3;3,5H,4H2,1-2H3;1H2,2-3H3;3-4H2,1-2H3;1-2H3/b;;;;5-3-;;;. The molecule has 0 amide bonds. The molecule has 320 valence electrons. The van der Waals surface area contributed by atoms with Gasteiger partial charge < -0.3 is 4.57 Å². The lowest BCUT2D eigenvalue weighted by molar-refractivity contribution is 0.628. The smallest absolute Gasteiger partial charge is 0.221 e. The molecule has 0 fully saturated rings. The molecule has 0 N–H and O–H groups in total. The fraction of sp³-hybridized carbons (Fsp3) is 0.383. The van der Waals surface area contributed by atoms with E-state index in [-0.39, 0.29) is 5.82 Å². The van der Waals surface area contributed by atoms with Crippen molar-refractivity contribution in [2.75, 3.05) is 0 Å². The number of imidazole rings is 1. The van der Waals surface area contributed by atoms with Crippen molar-refractivity contribution in [3.8, 4) is 33.7 Å². The van der Waals surface area contributed by atoms with Crippen LogP contribution >= 0.6 is 11.3 Å². The maximum absolute atomic E-state index is 12.9. The fourth-order valence-electron chi connectivity index (χ4n) is 3.55. The van der Waals surface area contributed by atoms with Crippen LogP contribution in [0.3, 0.4) is 0 Å². The van der Waals surface area contributed by atoms with Crippen molar-refractivity contribution in [3.05, 3.63) is 115 Å². The molecule has 12 heteroatoms. The van der Waals surface area contributed by atoms with E-state index in [2.05, 4.69) is 113 Å². The van der Waals surface area contributed by atoms with E-state index >= 15 is 0 Å². The zero-order chi connectivity index (χ0) is 45.2. The first-order chi connectivity index (χ1) is 28.2. The number of nitrogens with zero attached hydrogens (tertiary/aromatic N) is 9. The highest BCUT2D eigenvalue weighted by Gasteiger charge is 2.08. The first-order valence-electron chi connectivity index (χ1n) is 19.8. The van der Waals surface area contributed by atoms with Gasteiger partial charge in [-0.3, -0.25) is 0 Å². The summed E-state index contributed by atoms with van der Waals surface area (Å²) in [4.78, 5) is 22.7. The molecule has 0 bridgehead atoms. The Kier molecular flexibility index (Phi) is 32.3. The van der Waals surface area contributed by atoms with Crippen molar-refractivity contribution in [1.29, 1.82) is 0 Å². The zero-order valence-corrected chi connectivity index (χ0v) is 38.8. The summed E-state index contributed by atoms with van der Waals surface area (Å²) in [7, 11) is 1.81. The fourth-order valence-corrected chi connectivity index (χ4v) is 4.23. The van der Waals surface area contributed by atoms with Crippen molar-refractivity contribution in [2.24, 2.45) is 7.05 Å². The number of rotatable bonds is 5. The normalized spacial score (nSPS) is 9.22. The third-order valence-corrected chi connectivity index (χ3v) is 7.60. The molecular weight excluding hydrogens is 761 g/mol. The molecule has 0 aliphatic heterocycles. The first kappa shape index (κ1) is 55.4. The van der Waals surface area contributed by atoms with Gasteiger partial charge in [-0.25, -0.2) is 34.0 Å². The number of halogens is 2. The van der Waals surface area contributed by atoms with E-state index in [0.717, 1.165) is 40.4 Å². The van der Waals surface area contributed by atoms with Gasteiger partial charge in [-0.05, 0) is 103 Å². The highest BCUT2D eigenvalue weighted by Crippen LogP contribution is 2.23. The van der Waals surface area contributed by atoms with Gasteiger partial charge in [0.15, 0.2) is 22.8 Å². The van der Waals surface area contributed by atoms with Crippen molar-refractivity contribution >= 4 is 33.9 Å². The number of fused-ring (bicyclic) bond motifs is 2. The van der Waals surface area contributed by atoms with Crippen LogP contribution in [0, 0.1) is 17.7 Å². The molecule has 1 aromatic carbocycles. The van der Waals surface area contributed by atoms with Crippen molar-refractivity contribution in [1.82, 2.24) is 44.5 Å². The molecule has 9 nitrogen and oxygen atoms in total. The molecule has 59 heavy (non-hydrogen) atoms. The molecule has 0 spiro atoms.